The summed E-state index contributed by atoms with van der Waals surface area (Å²) in [5, 5.41) is 21.3. The highest BCUT2D eigenvalue weighted by molar-refractivity contribution is 8.40. The third kappa shape index (κ3) is 7.93. The van der Waals surface area contributed by atoms with Crippen LogP contribution in [-0.4, -0.2) is 57.7 Å². The van der Waals surface area contributed by atoms with Gasteiger partial charge >= 0.3 is 5.97 Å². The molecule has 2 heterocycles. The normalized spacial score (nSPS) is 24.2. The van der Waals surface area contributed by atoms with Gasteiger partial charge in [-0.3, -0.25) is 9.59 Å². The first-order valence-corrected chi connectivity index (χ1v) is 13.6. The van der Waals surface area contributed by atoms with Gasteiger partial charge in [-0.25, -0.2) is 0 Å². The van der Waals surface area contributed by atoms with Gasteiger partial charge in [0.25, 0.3) is 0 Å². The molecule has 2 rings (SSSR count). The van der Waals surface area contributed by atoms with Crippen LogP contribution in [0.25, 0.3) is 0 Å². The Kier molecular flexibility index (Phi) is 8.88. The molecule has 0 spiro atoms. The Morgan fingerprint density at radius 1 is 1.07 bits per heavy atom. The van der Waals surface area contributed by atoms with E-state index in [2.05, 4.69) is 38.2 Å². The minimum Gasteiger partial charge on any atom is -0.460 e. The second kappa shape index (κ2) is 10.9. The maximum Gasteiger partial charge on any atom is 0.306 e. The number of hydrogen-bond donors (Lipinski definition) is 3. The molecule has 0 aromatic heterocycles. The van der Waals surface area contributed by atoms with Crippen molar-refractivity contribution >= 4 is 54.8 Å². The molecule has 0 aromatic rings. The van der Waals surface area contributed by atoms with Crippen molar-refractivity contribution in [2.24, 2.45) is 26.3 Å². The molecule has 3 atom stereocenters. The molecular weight excluding hydrogens is 410 g/mol. The van der Waals surface area contributed by atoms with Gasteiger partial charge in [-0.1, -0.05) is 6.42 Å². The van der Waals surface area contributed by atoms with Gasteiger partial charge in [-0.05, 0) is 46.1 Å². The number of carbonyl (C=O) groups is 2. The molecule has 0 saturated carbocycles. The molecule has 0 aromatic carbocycles. The molecule has 8 nitrogen and oxygen atoms in total. The fourth-order valence-corrected chi connectivity index (χ4v) is 5.10. The van der Waals surface area contributed by atoms with E-state index in [-0.39, 0.29) is 17.8 Å². The third-order valence-corrected chi connectivity index (χ3v) is 7.45. The van der Waals surface area contributed by atoms with E-state index in [0.717, 1.165) is 29.3 Å². The van der Waals surface area contributed by atoms with E-state index in [1.54, 1.807) is 0 Å². The molecular formula is C19H33N5O3S2. The Balaban J connectivity index is 1.76. The fraction of sp³-hybridized carbons (Fsp3) is 0.684. The lowest BCUT2D eigenvalue weighted by Gasteiger charge is -2.21. The summed E-state index contributed by atoms with van der Waals surface area (Å²) < 4.78 is 5.30. The van der Waals surface area contributed by atoms with Crippen LogP contribution in [0.4, 0.5) is 0 Å². The molecule has 0 fully saturated rings. The molecule has 0 bridgehead atoms. The monoisotopic (exact) mass is 443 g/mol. The predicted molar refractivity (Wildman–Crippen MR) is 127 cm³/mol. The second-order valence-electron chi connectivity index (χ2n) is 8.10. The van der Waals surface area contributed by atoms with Crippen LogP contribution in [0.3, 0.4) is 0 Å². The average molecular weight is 444 g/mol. The topological polar surface area (TPSA) is 105 Å². The zero-order valence-electron chi connectivity index (χ0n) is 17.9. The first-order chi connectivity index (χ1) is 13.7. The number of hydrogen-bond acceptors (Lipinski definition) is 7. The van der Waals surface area contributed by atoms with Gasteiger partial charge < -0.3 is 10.1 Å². The Morgan fingerprint density at radius 3 is 2.34 bits per heavy atom. The van der Waals surface area contributed by atoms with Crippen LogP contribution >= 0.6 is 21.8 Å². The summed E-state index contributed by atoms with van der Waals surface area (Å²) in [4.78, 5) is 24.6. The van der Waals surface area contributed by atoms with Crippen molar-refractivity contribution < 1.29 is 14.3 Å². The Morgan fingerprint density at radius 2 is 1.76 bits per heavy atom. The summed E-state index contributed by atoms with van der Waals surface area (Å²) in [7, 11) is -1.13. The fourth-order valence-electron chi connectivity index (χ4n) is 2.88. The Hall–Kier alpha value is -1.68. The molecule has 1 N–H and O–H groups in total. The van der Waals surface area contributed by atoms with Crippen LogP contribution < -0.4 is 5.32 Å². The van der Waals surface area contributed by atoms with Crippen molar-refractivity contribution in [3.63, 3.8) is 0 Å². The summed E-state index contributed by atoms with van der Waals surface area (Å²) in [6, 6.07) is 0. The lowest BCUT2D eigenvalue weighted by molar-refractivity contribution is -0.154. The van der Waals surface area contributed by atoms with Gasteiger partial charge in [0.2, 0.25) is 5.91 Å². The molecule has 0 aliphatic carbocycles. The van der Waals surface area contributed by atoms with Crippen molar-refractivity contribution in [3.8, 4) is 0 Å². The first kappa shape index (κ1) is 23.6. The van der Waals surface area contributed by atoms with Crippen molar-refractivity contribution in [1.29, 1.82) is 0 Å². The van der Waals surface area contributed by atoms with Crippen molar-refractivity contribution in [2.75, 3.05) is 19.1 Å². The van der Waals surface area contributed by atoms with Crippen LogP contribution in [0.5, 0.6) is 0 Å². The second-order valence-corrected chi connectivity index (χ2v) is 12.0. The summed E-state index contributed by atoms with van der Waals surface area (Å²) in [5.74, 6) is -0.553. The van der Waals surface area contributed by atoms with Crippen LogP contribution in [-0.2, 0) is 14.3 Å². The van der Waals surface area contributed by atoms with Gasteiger partial charge in [0, 0.05) is 19.4 Å². The number of thiol groups is 2. The third-order valence-electron chi connectivity index (χ3n) is 4.34. The molecule has 2 aliphatic rings. The van der Waals surface area contributed by atoms with E-state index in [9.17, 15) is 9.59 Å². The molecule has 10 heteroatoms. The number of amides is 1. The Labute approximate surface area is 178 Å². The number of rotatable bonds is 10. The summed E-state index contributed by atoms with van der Waals surface area (Å²) in [6.45, 7) is 6.17. The average Bonchev–Trinajstić information content (AvgIpc) is 3.22. The van der Waals surface area contributed by atoms with Crippen LogP contribution in [0.15, 0.2) is 20.4 Å². The van der Waals surface area contributed by atoms with Crippen LogP contribution in [0, 0.1) is 5.92 Å². The summed E-state index contributed by atoms with van der Waals surface area (Å²) in [6.07, 6.45) is 7.52. The summed E-state index contributed by atoms with van der Waals surface area (Å²) >= 11 is 0. The van der Waals surface area contributed by atoms with E-state index in [1.165, 1.54) is 0 Å². The predicted octanol–water partition coefficient (Wildman–Crippen LogP) is 2.98. The number of esters is 1. The van der Waals surface area contributed by atoms with E-state index in [0.29, 0.717) is 19.4 Å². The lowest BCUT2D eigenvalue weighted by atomic mass is 10.1. The highest BCUT2D eigenvalue weighted by atomic mass is 32.2. The molecule has 29 heavy (non-hydrogen) atoms. The van der Waals surface area contributed by atoms with Crippen molar-refractivity contribution in [3.05, 3.63) is 0 Å². The zero-order valence-corrected chi connectivity index (χ0v) is 19.7. The lowest BCUT2D eigenvalue weighted by Crippen LogP contribution is -2.36. The van der Waals surface area contributed by atoms with Gasteiger partial charge in [0.15, 0.2) is 0 Å². The number of ether oxygens (including phenoxy) is 1. The highest BCUT2D eigenvalue weighted by Gasteiger charge is 2.31. The molecule has 3 unspecified atom stereocenters. The minimum absolute atomic E-state index is 0.0336. The SMILES string of the molecule is C[SH]1C=NN=C1CC(C(=O)NCCCCCC(=O)OC(C)(C)C)C1=NN=C[SH]1C. The van der Waals surface area contributed by atoms with E-state index in [1.807, 2.05) is 31.9 Å². The van der Waals surface area contributed by atoms with Gasteiger partial charge in [-0.2, -0.15) is 32.0 Å². The zero-order chi connectivity index (χ0) is 21.4. The number of carbonyl (C=O) groups excluding carboxylic acids is 2. The smallest absolute Gasteiger partial charge is 0.306 e. The molecule has 2 aliphatic heterocycles. The van der Waals surface area contributed by atoms with Crippen molar-refractivity contribution in [2.45, 2.75) is 58.5 Å². The summed E-state index contributed by atoms with van der Waals surface area (Å²) in [5.41, 5.74) is 3.23. The van der Waals surface area contributed by atoms with Gasteiger partial charge in [0.1, 0.15) is 5.60 Å². The van der Waals surface area contributed by atoms with E-state index >= 15 is 0 Å². The highest BCUT2D eigenvalue weighted by Crippen LogP contribution is 2.35. The van der Waals surface area contributed by atoms with Crippen LogP contribution in [0.1, 0.15) is 52.9 Å². The standard InChI is InChI=1S/C19H33N5O3S2/c1-19(2,3)27-16(25)9-7-6-8-10-20-17(26)14(18-24-22-13-29(18)5)11-15-23-21-12-28(15)4/h12-14,28-29H,6-11H2,1-5H3,(H,20,26). The first-order valence-electron chi connectivity index (χ1n) is 9.83. The largest absolute Gasteiger partial charge is 0.460 e. The van der Waals surface area contributed by atoms with E-state index in [4.69, 9.17) is 4.74 Å². The van der Waals surface area contributed by atoms with Crippen molar-refractivity contribution in [1.82, 2.24) is 5.32 Å². The molecule has 164 valence electrons. The number of unbranched alkanes of at least 4 members (excludes halogenated alkanes) is 2. The number of nitrogens with one attached hydrogen (secondary N) is 1. The number of nitrogens with zero attached hydrogens (tertiary/aromatic N) is 4. The maximum absolute atomic E-state index is 12.9. The molecule has 0 saturated heterocycles. The molecule has 1 amide bonds. The minimum atomic E-state index is -0.621. The quantitative estimate of drug-likeness (QED) is 0.275. The molecule has 0 radical (unpaired) electrons. The van der Waals surface area contributed by atoms with Crippen LogP contribution in [0.2, 0.25) is 0 Å². The Bertz CT molecular complexity index is 728. The van der Waals surface area contributed by atoms with E-state index < -0.39 is 27.4 Å². The van der Waals surface area contributed by atoms with Gasteiger partial charge in [-0.15, -0.1) is 10.2 Å². The maximum atomic E-state index is 12.9. The van der Waals surface area contributed by atoms with Gasteiger partial charge in [0.05, 0.1) is 27.1 Å².